The van der Waals surface area contributed by atoms with Crippen molar-refractivity contribution >= 4 is 34.7 Å². The first-order valence-corrected chi connectivity index (χ1v) is 13.5. The fourth-order valence-electron chi connectivity index (χ4n) is 5.34. The molecule has 41 heavy (non-hydrogen) atoms. The van der Waals surface area contributed by atoms with Crippen molar-refractivity contribution in [3.63, 3.8) is 0 Å². The number of ether oxygens (including phenoxy) is 2. The number of piperazine rings is 1. The molecule has 5 rings (SSSR count). The second kappa shape index (κ2) is 10.3. The topological polar surface area (TPSA) is 108 Å². The van der Waals surface area contributed by atoms with Crippen LogP contribution in [0, 0.1) is 5.82 Å². The number of amides is 3. The van der Waals surface area contributed by atoms with E-state index in [-0.39, 0.29) is 31.5 Å². The first kappa shape index (κ1) is 28.4. The highest BCUT2D eigenvalue weighted by Crippen LogP contribution is 2.44. The molecule has 0 radical (unpaired) electrons. The van der Waals surface area contributed by atoms with E-state index in [1.807, 2.05) is 32.1 Å². The molecule has 0 aromatic heterocycles. The first-order chi connectivity index (χ1) is 19.3. The highest BCUT2D eigenvalue weighted by Gasteiger charge is 2.39. The van der Waals surface area contributed by atoms with Gasteiger partial charge in [0.15, 0.2) is 0 Å². The van der Waals surface area contributed by atoms with E-state index in [1.165, 1.54) is 17.0 Å². The van der Waals surface area contributed by atoms with Crippen LogP contribution in [0.4, 0.5) is 14.9 Å². The monoisotopic (exact) mass is 563 g/mol. The summed E-state index contributed by atoms with van der Waals surface area (Å²) in [7, 11) is 0. The van der Waals surface area contributed by atoms with Crippen molar-refractivity contribution in [3.05, 3.63) is 76.8 Å². The van der Waals surface area contributed by atoms with Gasteiger partial charge in [-0.3, -0.25) is 9.59 Å². The molecule has 3 heterocycles. The number of aliphatic hydroxyl groups is 1. The van der Waals surface area contributed by atoms with Crippen LogP contribution in [0.2, 0.25) is 0 Å². The summed E-state index contributed by atoms with van der Waals surface area (Å²) in [6.07, 6.45) is 1.34. The predicted octanol–water partition coefficient (Wildman–Crippen LogP) is 4.44. The lowest BCUT2D eigenvalue weighted by molar-refractivity contribution is -0.111. The van der Waals surface area contributed by atoms with Gasteiger partial charge < -0.3 is 29.7 Å². The Morgan fingerprint density at radius 1 is 1.15 bits per heavy atom. The van der Waals surface area contributed by atoms with E-state index in [1.54, 1.807) is 43.9 Å². The minimum absolute atomic E-state index is 0.175. The highest BCUT2D eigenvalue weighted by molar-refractivity contribution is 6.32. The van der Waals surface area contributed by atoms with E-state index in [4.69, 9.17) is 9.47 Å². The second-order valence-corrected chi connectivity index (χ2v) is 11.9. The molecule has 1 saturated heterocycles. The minimum Gasteiger partial charge on any atom is -0.482 e. The standard InChI is InChI=1S/C31H34FN3O6/c1-30(2,3)41-29(39)34-12-13-35(21(16-34)17-36)28(38)19-8-6-18(7-9-19)23-15-25(40-31(23,4)5)26-22-11-10-20(32)14-24(22)33-27(26)37/h6-11,14-15,21,36H,12-13,16-17H2,1-5H3,(H,33,37). The Balaban J connectivity index is 1.35. The lowest BCUT2D eigenvalue weighted by Gasteiger charge is -2.41. The van der Waals surface area contributed by atoms with Gasteiger partial charge >= 0.3 is 6.09 Å². The summed E-state index contributed by atoms with van der Waals surface area (Å²) < 4.78 is 25.3. The molecule has 1 fully saturated rings. The molecule has 0 spiro atoms. The predicted molar refractivity (Wildman–Crippen MR) is 151 cm³/mol. The summed E-state index contributed by atoms with van der Waals surface area (Å²) in [6.45, 7) is 9.60. The van der Waals surface area contributed by atoms with Gasteiger partial charge in [0.05, 0.1) is 23.9 Å². The molecule has 3 aliphatic rings. The third-order valence-corrected chi connectivity index (χ3v) is 7.31. The van der Waals surface area contributed by atoms with Crippen molar-refractivity contribution in [2.75, 3.05) is 31.6 Å². The molecule has 216 valence electrons. The van der Waals surface area contributed by atoms with Gasteiger partial charge in [-0.15, -0.1) is 0 Å². The maximum atomic E-state index is 13.7. The summed E-state index contributed by atoms with van der Waals surface area (Å²) >= 11 is 0. The van der Waals surface area contributed by atoms with Crippen LogP contribution in [0.3, 0.4) is 0 Å². The molecule has 3 aliphatic heterocycles. The molecule has 0 bridgehead atoms. The van der Waals surface area contributed by atoms with Gasteiger partial charge in [-0.25, -0.2) is 9.18 Å². The van der Waals surface area contributed by atoms with Crippen molar-refractivity contribution in [2.45, 2.75) is 51.9 Å². The maximum Gasteiger partial charge on any atom is 0.410 e. The summed E-state index contributed by atoms with van der Waals surface area (Å²) in [6, 6.07) is 10.7. The Kier molecular flexibility index (Phi) is 7.15. The van der Waals surface area contributed by atoms with Crippen LogP contribution in [0.15, 0.2) is 54.3 Å². The Bertz CT molecular complexity index is 1470. The quantitative estimate of drug-likeness (QED) is 0.535. The number of nitrogens with zero attached hydrogens (tertiary/aromatic N) is 2. The number of carbonyl (C=O) groups is 3. The SMILES string of the molecule is CC(C)(C)OC(=O)N1CCN(C(=O)c2ccc(C3=CC(=C4C(=O)Nc5cc(F)ccc54)OC3(C)C)cc2)C(CO)C1. The number of nitrogens with one attached hydrogen (secondary N) is 1. The molecule has 2 aromatic rings. The number of hydrogen-bond donors (Lipinski definition) is 2. The van der Waals surface area contributed by atoms with Crippen molar-refractivity contribution < 1.29 is 33.4 Å². The molecule has 2 N–H and O–H groups in total. The van der Waals surface area contributed by atoms with Crippen LogP contribution >= 0.6 is 0 Å². The minimum atomic E-state index is -0.767. The largest absolute Gasteiger partial charge is 0.482 e. The average Bonchev–Trinajstić information content (AvgIpc) is 3.40. The van der Waals surface area contributed by atoms with Crippen LogP contribution in [0.1, 0.15) is 56.1 Å². The lowest BCUT2D eigenvalue weighted by atomic mass is 9.91. The smallest absolute Gasteiger partial charge is 0.410 e. The van der Waals surface area contributed by atoms with Gasteiger partial charge in [0, 0.05) is 36.3 Å². The number of carbonyl (C=O) groups excluding carboxylic acids is 3. The number of allylic oxidation sites excluding steroid dienone is 1. The molecule has 1 unspecified atom stereocenters. The summed E-state index contributed by atoms with van der Waals surface area (Å²) in [5.74, 6) is -0.657. The van der Waals surface area contributed by atoms with Gasteiger partial charge in [0.25, 0.3) is 11.8 Å². The Hall–Kier alpha value is -4.18. The normalized spacial score (nSPS) is 21.7. The molecule has 3 amide bonds. The summed E-state index contributed by atoms with van der Waals surface area (Å²) in [5, 5.41) is 12.7. The van der Waals surface area contributed by atoms with Gasteiger partial charge in [0.2, 0.25) is 0 Å². The van der Waals surface area contributed by atoms with Gasteiger partial charge in [-0.05, 0) is 76.6 Å². The number of anilines is 1. The van der Waals surface area contributed by atoms with Gasteiger partial charge in [-0.2, -0.15) is 0 Å². The van der Waals surface area contributed by atoms with E-state index in [0.717, 1.165) is 11.1 Å². The number of aliphatic hydroxyl groups excluding tert-OH is 1. The van der Waals surface area contributed by atoms with Gasteiger partial charge in [-0.1, -0.05) is 12.1 Å². The fraction of sp³-hybridized carbons (Fsp3) is 0.387. The van der Waals surface area contributed by atoms with Gasteiger partial charge in [0.1, 0.15) is 22.8 Å². The Morgan fingerprint density at radius 3 is 2.51 bits per heavy atom. The number of halogens is 1. The van der Waals surface area contributed by atoms with Crippen molar-refractivity contribution in [3.8, 4) is 0 Å². The summed E-state index contributed by atoms with van der Waals surface area (Å²) in [4.78, 5) is 41.7. The fourth-order valence-corrected chi connectivity index (χ4v) is 5.34. The van der Waals surface area contributed by atoms with Crippen LogP contribution in [-0.2, 0) is 14.3 Å². The molecule has 0 aliphatic carbocycles. The molecule has 10 heteroatoms. The molecule has 1 atom stereocenters. The average molecular weight is 564 g/mol. The van der Waals surface area contributed by atoms with Crippen molar-refractivity contribution in [2.24, 2.45) is 0 Å². The van der Waals surface area contributed by atoms with E-state index >= 15 is 0 Å². The molecule has 2 aromatic carbocycles. The number of rotatable bonds is 3. The second-order valence-electron chi connectivity index (χ2n) is 11.9. The Labute approximate surface area is 238 Å². The third-order valence-electron chi connectivity index (χ3n) is 7.31. The van der Waals surface area contributed by atoms with Crippen LogP contribution in [0.25, 0.3) is 11.1 Å². The van der Waals surface area contributed by atoms with E-state index < -0.39 is 29.2 Å². The first-order valence-electron chi connectivity index (χ1n) is 13.5. The van der Waals surface area contributed by atoms with Crippen molar-refractivity contribution in [1.82, 2.24) is 9.80 Å². The zero-order valence-electron chi connectivity index (χ0n) is 23.8. The van der Waals surface area contributed by atoms with Crippen LogP contribution in [-0.4, -0.2) is 76.3 Å². The zero-order valence-corrected chi connectivity index (χ0v) is 23.8. The number of benzene rings is 2. The van der Waals surface area contributed by atoms with E-state index in [9.17, 15) is 23.9 Å². The summed E-state index contributed by atoms with van der Waals surface area (Å²) in [5.41, 5.74) is 1.99. The Morgan fingerprint density at radius 2 is 1.85 bits per heavy atom. The third kappa shape index (κ3) is 5.56. The lowest BCUT2D eigenvalue weighted by Crippen LogP contribution is -2.58. The highest BCUT2D eigenvalue weighted by atomic mass is 19.1. The molecular weight excluding hydrogens is 529 g/mol. The zero-order chi connectivity index (χ0) is 29.7. The maximum absolute atomic E-state index is 13.7. The molecule has 0 saturated carbocycles. The number of fused-ring (bicyclic) bond motifs is 1. The van der Waals surface area contributed by atoms with Crippen molar-refractivity contribution in [1.29, 1.82) is 0 Å². The van der Waals surface area contributed by atoms with Crippen LogP contribution in [0.5, 0.6) is 0 Å². The van der Waals surface area contributed by atoms with Crippen LogP contribution < -0.4 is 5.32 Å². The van der Waals surface area contributed by atoms with E-state index in [0.29, 0.717) is 34.7 Å². The number of hydrogen-bond acceptors (Lipinski definition) is 6. The molecule has 9 nitrogen and oxygen atoms in total. The van der Waals surface area contributed by atoms with E-state index in [2.05, 4.69) is 5.32 Å². The molecular formula is C31H34FN3O6.